The number of rotatable bonds is 2. The van der Waals surface area contributed by atoms with Gasteiger partial charge >= 0.3 is 6.03 Å². The average Bonchev–Trinajstić information content (AvgIpc) is 3.00. The third kappa shape index (κ3) is 3.30. The van der Waals surface area contributed by atoms with Crippen LogP contribution in [0.2, 0.25) is 0 Å². The summed E-state index contributed by atoms with van der Waals surface area (Å²) in [6.45, 7) is 1.50. The van der Waals surface area contributed by atoms with E-state index in [4.69, 9.17) is 0 Å². The number of carbonyl (C=O) groups excluding carboxylic acids is 1. The first-order chi connectivity index (χ1) is 12.2. The molecule has 2 amide bonds. The highest BCUT2D eigenvalue weighted by Crippen LogP contribution is 2.30. The minimum absolute atomic E-state index is 0.111. The molecule has 1 fully saturated rings. The van der Waals surface area contributed by atoms with Gasteiger partial charge in [0.25, 0.3) is 0 Å². The van der Waals surface area contributed by atoms with E-state index in [1.54, 1.807) is 0 Å². The highest BCUT2D eigenvalue weighted by Gasteiger charge is 2.22. The first kappa shape index (κ1) is 16.2. The van der Waals surface area contributed by atoms with Crippen LogP contribution >= 0.6 is 0 Å². The molecule has 25 heavy (non-hydrogen) atoms. The van der Waals surface area contributed by atoms with E-state index < -0.39 is 0 Å². The number of hydrogen-bond donors (Lipinski definition) is 1. The molecule has 1 saturated carbocycles. The van der Waals surface area contributed by atoms with E-state index in [9.17, 15) is 4.79 Å². The number of fused-ring (bicyclic) bond motifs is 1. The Labute approximate surface area is 149 Å². The summed E-state index contributed by atoms with van der Waals surface area (Å²) >= 11 is 0. The molecule has 1 N–H and O–H groups in total. The van der Waals surface area contributed by atoms with E-state index in [1.165, 1.54) is 41.3 Å². The van der Waals surface area contributed by atoms with Crippen LogP contribution in [-0.4, -0.2) is 34.6 Å². The third-order valence-electron chi connectivity index (χ3n) is 5.67. The molecule has 0 unspecified atom stereocenters. The highest BCUT2D eigenvalue weighted by atomic mass is 16.2. The number of urea groups is 1. The zero-order chi connectivity index (χ0) is 17.2. The fourth-order valence-electron chi connectivity index (χ4n) is 4.21. The predicted molar refractivity (Wildman–Crippen MR) is 102 cm³/mol. The first-order valence-electron chi connectivity index (χ1n) is 9.51. The van der Waals surface area contributed by atoms with Gasteiger partial charge in [0.05, 0.1) is 0 Å². The number of hydrogen-bond acceptors (Lipinski definition) is 1. The van der Waals surface area contributed by atoms with Crippen molar-refractivity contribution in [3.63, 3.8) is 0 Å². The van der Waals surface area contributed by atoms with Crippen LogP contribution in [0.15, 0.2) is 36.5 Å². The van der Waals surface area contributed by atoms with Crippen LogP contribution in [0.4, 0.5) is 4.79 Å². The molecule has 0 saturated heterocycles. The van der Waals surface area contributed by atoms with Crippen LogP contribution in [0, 0.1) is 0 Å². The van der Waals surface area contributed by atoms with Gasteiger partial charge in [-0.05, 0) is 30.9 Å². The van der Waals surface area contributed by atoms with E-state index in [2.05, 4.69) is 53.5 Å². The Morgan fingerprint density at radius 1 is 1.16 bits per heavy atom. The maximum Gasteiger partial charge on any atom is 0.317 e. The zero-order valence-corrected chi connectivity index (χ0v) is 15.0. The van der Waals surface area contributed by atoms with Crippen molar-refractivity contribution >= 4 is 22.5 Å². The summed E-state index contributed by atoms with van der Waals surface area (Å²) in [5, 5.41) is 4.53. The number of para-hydroxylation sites is 1. The number of nitrogens with zero attached hydrogens (tertiary/aromatic N) is 2. The second kappa shape index (κ2) is 6.95. The van der Waals surface area contributed by atoms with Crippen molar-refractivity contribution in [2.45, 2.75) is 44.6 Å². The number of benzene rings is 1. The molecule has 1 aliphatic carbocycles. The van der Waals surface area contributed by atoms with E-state index in [0.717, 1.165) is 25.8 Å². The quantitative estimate of drug-likeness (QED) is 0.871. The van der Waals surface area contributed by atoms with Crippen LogP contribution in [0.1, 0.15) is 44.1 Å². The molecular formula is C21H27N3O. The molecule has 4 heteroatoms. The third-order valence-corrected chi connectivity index (χ3v) is 5.67. The van der Waals surface area contributed by atoms with Crippen molar-refractivity contribution in [3.8, 4) is 0 Å². The topological polar surface area (TPSA) is 37.3 Å². The second-order valence-corrected chi connectivity index (χ2v) is 7.38. The number of nitrogens with one attached hydrogen (secondary N) is 1. The average molecular weight is 337 g/mol. The van der Waals surface area contributed by atoms with Gasteiger partial charge in [-0.1, -0.05) is 43.5 Å². The number of amides is 2. The van der Waals surface area contributed by atoms with Crippen LogP contribution in [0.25, 0.3) is 16.5 Å². The molecule has 0 bridgehead atoms. The molecule has 1 aromatic heterocycles. The molecule has 2 aliphatic rings. The Balaban J connectivity index is 1.45. The summed E-state index contributed by atoms with van der Waals surface area (Å²) in [6, 6.07) is 9.02. The van der Waals surface area contributed by atoms with Crippen molar-refractivity contribution in [2.75, 3.05) is 13.1 Å². The van der Waals surface area contributed by atoms with Crippen LogP contribution in [0.3, 0.4) is 0 Å². The minimum atomic E-state index is 0.111. The van der Waals surface area contributed by atoms with Crippen molar-refractivity contribution in [1.29, 1.82) is 0 Å². The molecule has 132 valence electrons. The van der Waals surface area contributed by atoms with Gasteiger partial charge in [0, 0.05) is 48.8 Å². The number of aromatic nitrogens is 1. The Kier molecular flexibility index (Phi) is 4.51. The predicted octanol–water partition coefficient (Wildman–Crippen LogP) is 4.31. The lowest BCUT2D eigenvalue weighted by molar-refractivity contribution is 0.195. The van der Waals surface area contributed by atoms with Gasteiger partial charge < -0.3 is 14.8 Å². The summed E-state index contributed by atoms with van der Waals surface area (Å²) in [4.78, 5) is 14.5. The van der Waals surface area contributed by atoms with E-state index in [1.807, 2.05) is 4.90 Å². The molecule has 0 atom stereocenters. The van der Waals surface area contributed by atoms with E-state index in [-0.39, 0.29) is 6.03 Å². The Morgan fingerprint density at radius 2 is 1.96 bits per heavy atom. The molecule has 0 radical (unpaired) electrons. The number of carbonyl (C=O) groups is 1. The van der Waals surface area contributed by atoms with Gasteiger partial charge in [-0.25, -0.2) is 4.79 Å². The molecule has 4 nitrogen and oxygen atoms in total. The molecule has 0 spiro atoms. The lowest BCUT2D eigenvalue weighted by atomic mass is 9.95. The molecular weight excluding hydrogens is 310 g/mol. The van der Waals surface area contributed by atoms with Crippen molar-refractivity contribution < 1.29 is 4.79 Å². The summed E-state index contributed by atoms with van der Waals surface area (Å²) < 4.78 is 2.19. The summed E-state index contributed by atoms with van der Waals surface area (Å²) in [7, 11) is 2.10. The Hall–Kier alpha value is -2.23. The van der Waals surface area contributed by atoms with E-state index in [0.29, 0.717) is 12.6 Å². The van der Waals surface area contributed by atoms with Crippen LogP contribution < -0.4 is 5.32 Å². The first-order valence-corrected chi connectivity index (χ1v) is 9.51. The smallest absolute Gasteiger partial charge is 0.317 e. The minimum Gasteiger partial charge on any atom is -0.350 e. The molecule has 1 aliphatic heterocycles. The summed E-state index contributed by atoms with van der Waals surface area (Å²) in [5.74, 6) is 0. The maximum atomic E-state index is 12.5. The summed E-state index contributed by atoms with van der Waals surface area (Å²) in [5.41, 5.74) is 3.93. The van der Waals surface area contributed by atoms with Gasteiger partial charge in [-0.15, -0.1) is 0 Å². The lowest BCUT2D eigenvalue weighted by Gasteiger charge is -2.30. The second-order valence-electron chi connectivity index (χ2n) is 7.38. The molecule has 1 aromatic carbocycles. The summed E-state index contributed by atoms with van der Waals surface area (Å²) in [6.07, 6.45) is 11.4. The van der Waals surface area contributed by atoms with Gasteiger partial charge in [0.1, 0.15) is 0 Å². The highest BCUT2D eigenvalue weighted by molar-refractivity contribution is 5.93. The maximum absolute atomic E-state index is 12.5. The SMILES string of the molecule is Cn1cc(C2=CCN(C(=O)NC3CCCCC3)CC2)c2ccccc21. The monoisotopic (exact) mass is 337 g/mol. The molecule has 2 aromatic rings. The fraction of sp³-hybridized carbons (Fsp3) is 0.476. The van der Waals surface area contributed by atoms with Crippen molar-refractivity contribution in [1.82, 2.24) is 14.8 Å². The van der Waals surface area contributed by atoms with E-state index >= 15 is 0 Å². The van der Waals surface area contributed by atoms with Gasteiger partial charge in [-0.3, -0.25) is 0 Å². The van der Waals surface area contributed by atoms with Crippen LogP contribution in [-0.2, 0) is 7.05 Å². The van der Waals surface area contributed by atoms with Crippen molar-refractivity contribution in [2.24, 2.45) is 7.05 Å². The van der Waals surface area contributed by atoms with Crippen molar-refractivity contribution in [3.05, 3.63) is 42.1 Å². The Bertz CT molecular complexity index is 799. The largest absolute Gasteiger partial charge is 0.350 e. The van der Waals surface area contributed by atoms with Gasteiger partial charge in [0.15, 0.2) is 0 Å². The zero-order valence-electron chi connectivity index (χ0n) is 15.0. The fourth-order valence-corrected chi connectivity index (χ4v) is 4.21. The lowest BCUT2D eigenvalue weighted by Crippen LogP contribution is -2.46. The van der Waals surface area contributed by atoms with Gasteiger partial charge in [0.2, 0.25) is 0 Å². The molecule has 2 heterocycles. The normalized spacial score (nSPS) is 19.1. The Morgan fingerprint density at radius 3 is 2.72 bits per heavy atom. The molecule has 4 rings (SSSR count). The van der Waals surface area contributed by atoms with Crippen LogP contribution in [0.5, 0.6) is 0 Å². The standard InChI is InChI=1S/C21H27N3O/c1-23-15-19(18-9-5-6-10-20(18)23)16-11-13-24(14-12-16)21(25)22-17-7-3-2-4-8-17/h5-6,9-11,15,17H,2-4,7-8,12-14H2,1H3,(H,22,25). The number of aryl methyl sites for hydroxylation is 1. The van der Waals surface area contributed by atoms with Gasteiger partial charge in [-0.2, -0.15) is 0 Å².